The fraction of sp³-hybridized carbons (Fsp3) is 0.321. The van der Waals surface area contributed by atoms with Crippen LogP contribution in [0.2, 0.25) is 0 Å². The number of carbonyl (C=O) groups excluding carboxylic acids is 2. The van der Waals surface area contributed by atoms with Gasteiger partial charge in [-0.3, -0.25) is 14.6 Å². The van der Waals surface area contributed by atoms with Gasteiger partial charge in [0.05, 0.1) is 12.9 Å². The lowest BCUT2D eigenvalue weighted by Crippen LogP contribution is -2.55. The molecule has 3 amide bonds. The first-order chi connectivity index (χ1) is 17.6. The molecule has 2 aliphatic rings. The van der Waals surface area contributed by atoms with Gasteiger partial charge in [-0.2, -0.15) is 0 Å². The maximum Gasteiger partial charge on any atom is 0.328 e. The molecule has 6 rings (SSSR count). The Bertz CT molecular complexity index is 1430. The summed E-state index contributed by atoms with van der Waals surface area (Å²) in [4.78, 5) is 39.0. The van der Waals surface area contributed by atoms with Crippen LogP contribution in [-0.4, -0.2) is 55.0 Å². The summed E-state index contributed by atoms with van der Waals surface area (Å²) in [6.45, 7) is 5.36. The number of benzene rings is 2. The van der Waals surface area contributed by atoms with Crippen LogP contribution in [0.5, 0.6) is 5.75 Å². The molecule has 0 saturated carbocycles. The van der Waals surface area contributed by atoms with E-state index >= 15 is 0 Å². The minimum Gasteiger partial charge on any atom is -0.494 e. The van der Waals surface area contributed by atoms with Crippen LogP contribution in [-0.2, 0) is 17.8 Å². The number of hydrogen-bond acceptors (Lipinski definition) is 4. The highest BCUT2D eigenvalue weighted by Gasteiger charge is 2.61. The van der Waals surface area contributed by atoms with Gasteiger partial charge in [-0.15, -0.1) is 0 Å². The number of nitrogens with one attached hydrogen (secondary N) is 1. The summed E-state index contributed by atoms with van der Waals surface area (Å²) in [7, 11) is 0. The third-order valence-electron chi connectivity index (χ3n) is 7.61. The zero-order valence-electron chi connectivity index (χ0n) is 20.5. The standard InChI is InChI=1S/C28H29N5O3/c1-3-28-17-22-21-16-20(36-4-2)10-11-23(21)30-24(22)25(19-8-6-5-7-9-19)33(28)27(35)32(26(28)34)15-14-31-13-12-29-18-31/h5-13,16,18,25,30H,3-4,14-15,17H2,1-2H3. The van der Waals surface area contributed by atoms with Crippen molar-refractivity contribution in [3.63, 3.8) is 0 Å². The van der Waals surface area contributed by atoms with Crippen molar-refractivity contribution in [2.24, 2.45) is 0 Å². The number of aromatic nitrogens is 3. The van der Waals surface area contributed by atoms with Crippen molar-refractivity contribution in [3.8, 4) is 5.75 Å². The lowest BCUT2D eigenvalue weighted by molar-refractivity contribution is -0.134. The number of imide groups is 1. The predicted octanol–water partition coefficient (Wildman–Crippen LogP) is 4.52. The number of amides is 3. The summed E-state index contributed by atoms with van der Waals surface area (Å²) >= 11 is 0. The molecule has 8 nitrogen and oxygen atoms in total. The number of ether oxygens (including phenoxy) is 1. The second-order valence-electron chi connectivity index (χ2n) is 9.44. The van der Waals surface area contributed by atoms with E-state index in [1.165, 1.54) is 4.90 Å². The van der Waals surface area contributed by atoms with E-state index in [1.54, 1.807) is 12.5 Å². The normalized spacial score (nSPS) is 21.2. The smallest absolute Gasteiger partial charge is 0.328 e. The molecular formula is C28H29N5O3. The largest absolute Gasteiger partial charge is 0.494 e. The van der Waals surface area contributed by atoms with Crippen LogP contribution in [0.15, 0.2) is 67.3 Å². The summed E-state index contributed by atoms with van der Waals surface area (Å²) in [6, 6.07) is 15.4. The molecule has 0 bridgehead atoms. The first-order valence-electron chi connectivity index (χ1n) is 12.5. The number of imidazole rings is 1. The van der Waals surface area contributed by atoms with E-state index in [0.29, 0.717) is 32.5 Å². The summed E-state index contributed by atoms with van der Waals surface area (Å²) < 4.78 is 7.67. The minimum absolute atomic E-state index is 0.128. The Morgan fingerprint density at radius 2 is 1.94 bits per heavy atom. The van der Waals surface area contributed by atoms with Crippen LogP contribution in [0, 0.1) is 0 Å². The number of hydrogen-bond donors (Lipinski definition) is 1. The Hall–Kier alpha value is -4.07. The van der Waals surface area contributed by atoms with Gasteiger partial charge < -0.3 is 14.3 Å². The summed E-state index contributed by atoms with van der Waals surface area (Å²) in [6.07, 6.45) is 6.23. The SMILES string of the molecule is CCOc1ccc2[nH]c3c(c2c1)CC1(CC)C(=O)N(CCn2ccnc2)C(=O)N1C3c1ccccc1. The molecule has 4 heterocycles. The second kappa shape index (κ2) is 8.55. The van der Waals surface area contributed by atoms with Crippen LogP contribution in [0.1, 0.15) is 43.1 Å². The molecule has 4 aromatic rings. The average Bonchev–Trinajstić information content (AvgIpc) is 3.60. The first kappa shape index (κ1) is 22.4. The van der Waals surface area contributed by atoms with Gasteiger partial charge >= 0.3 is 6.03 Å². The van der Waals surface area contributed by atoms with E-state index < -0.39 is 11.6 Å². The minimum atomic E-state index is -0.948. The molecule has 1 saturated heterocycles. The molecule has 1 fully saturated rings. The highest BCUT2D eigenvalue weighted by Crippen LogP contribution is 2.50. The zero-order valence-corrected chi connectivity index (χ0v) is 20.5. The van der Waals surface area contributed by atoms with E-state index in [2.05, 4.69) is 9.97 Å². The highest BCUT2D eigenvalue weighted by molar-refractivity contribution is 6.08. The van der Waals surface area contributed by atoms with Crippen molar-refractivity contribution in [2.75, 3.05) is 13.2 Å². The molecule has 0 aliphatic carbocycles. The Labute approximate surface area is 209 Å². The second-order valence-corrected chi connectivity index (χ2v) is 9.44. The average molecular weight is 484 g/mol. The van der Waals surface area contributed by atoms with Crippen molar-refractivity contribution >= 4 is 22.8 Å². The fourth-order valence-corrected chi connectivity index (χ4v) is 5.85. The molecule has 36 heavy (non-hydrogen) atoms. The summed E-state index contributed by atoms with van der Waals surface area (Å²) in [5.74, 6) is 0.670. The molecular weight excluding hydrogens is 454 g/mol. The summed E-state index contributed by atoms with van der Waals surface area (Å²) in [5, 5.41) is 1.04. The zero-order chi connectivity index (χ0) is 24.9. The lowest BCUT2D eigenvalue weighted by Gasteiger charge is -2.44. The Morgan fingerprint density at radius 3 is 2.67 bits per heavy atom. The third kappa shape index (κ3) is 3.24. The van der Waals surface area contributed by atoms with Gasteiger partial charge in [0.2, 0.25) is 0 Å². The van der Waals surface area contributed by atoms with Crippen LogP contribution in [0.4, 0.5) is 4.79 Å². The number of urea groups is 1. The molecule has 2 aliphatic heterocycles. The molecule has 2 atom stereocenters. The predicted molar refractivity (Wildman–Crippen MR) is 136 cm³/mol. The van der Waals surface area contributed by atoms with Gasteiger partial charge in [-0.05, 0) is 42.7 Å². The highest BCUT2D eigenvalue weighted by atomic mass is 16.5. The molecule has 0 spiro atoms. The van der Waals surface area contributed by atoms with E-state index in [-0.39, 0.29) is 11.9 Å². The van der Waals surface area contributed by atoms with Crippen molar-refractivity contribution in [2.45, 2.75) is 44.8 Å². The molecule has 1 N–H and O–H groups in total. The number of aromatic amines is 1. The van der Waals surface area contributed by atoms with Crippen molar-refractivity contribution < 1.29 is 14.3 Å². The van der Waals surface area contributed by atoms with Crippen molar-refractivity contribution in [1.82, 2.24) is 24.3 Å². The van der Waals surface area contributed by atoms with Crippen LogP contribution < -0.4 is 4.74 Å². The number of carbonyl (C=O) groups is 2. The van der Waals surface area contributed by atoms with Crippen molar-refractivity contribution in [3.05, 3.63) is 84.1 Å². The van der Waals surface area contributed by atoms with Crippen molar-refractivity contribution in [1.29, 1.82) is 0 Å². The van der Waals surface area contributed by atoms with Gasteiger partial charge in [0.25, 0.3) is 5.91 Å². The van der Waals surface area contributed by atoms with Gasteiger partial charge in [-0.25, -0.2) is 9.78 Å². The number of fused-ring (bicyclic) bond motifs is 4. The quantitative estimate of drug-likeness (QED) is 0.392. The van der Waals surface area contributed by atoms with Crippen LogP contribution in [0.25, 0.3) is 10.9 Å². The van der Waals surface area contributed by atoms with Gasteiger partial charge in [-0.1, -0.05) is 37.3 Å². The molecule has 2 aromatic heterocycles. The Balaban J connectivity index is 1.50. The Morgan fingerprint density at radius 1 is 1.11 bits per heavy atom. The van der Waals surface area contributed by atoms with E-state index in [0.717, 1.165) is 33.5 Å². The number of nitrogens with zero attached hydrogens (tertiary/aromatic N) is 4. The maximum atomic E-state index is 14.1. The number of rotatable bonds is 7. The Kier molecular flexibility index (Phi) is 5.32. The third-order valence-corrected chi connectivity index (χ3v) is 7.61. The fourth-order valence-electron chi connectivity index (χ4n) is 5.85. The lowest BCUT2D eigenvalue weighted by atomic mass is 9.78. The van der Waals surface area contributed by atoms with E-state index in [4.69, 9.17) is 4.74 Å². The summed E-state index contributed by atoms with van der Waals surface area (Å²) in [5.41, 5.74) is 3.05. The van der Waals surface area contributed by atoms with Gasteiger partial charge in [0.1, 0.15) is 17.3 Å². The maximum absolute atomic E-state index is 14.1. The van der Waals surface area contributed by atoms with Crippen LogP contribution >= 0.6 is 0 Å². The van der Waals surface area contributed by atoms with E-state index in [9.17, 15) is 9.59 Å². The first-order valence-corrected chi connectivity index (χ1v) is 12.5. The molecule has 0 radical (unpaired) electrons. The molecule has 8 heteroatoms. The molecule has 2 aromatic carbocycles. The van der Waals surface area contributed by atoms with E-state index in [1.807, 2.05) is 78.0 Å². The number of H-pyrrole nitrogens is 1. The topological polar surface area (TPSA) is 83.5 Å². The molecule has 2 unspecified atom stereocenters. The molecule has 184 valence electrons. The van der Waals surface area contributed by atoms with Crippen LogP contribution in [0.3, 0.4) is 0 Å². The van der Waals surface area contributed by atoms with Gasteiger partial charge in [0, 0.05) is 48.5 Å². The van der Waals surface area contributed by atoms with Gasteiger partial charge in [0.15, 0.2) is 0 Å². The monoisotopic (exact) mass is 483 g/mol.